The zero-order valence-corrected chi connectivity index (χ0v) is 16.5. The van der Waals surface area contributed by atoms with Gasteiger partial charge in [0.1, 0.15) is 17.3 Å². The highest BCUT2D eigenvalue weighted by Crippen LogP contribution is 2.28. The van der Waals surface area contributed by atoms with E-state index >= 15 is 0 Å². The zero-order chi connectivity index (χ0) is 20.1. The first kappa shape index (κ1) is 19.5. The lowest BCUT2D eigenvalue weighted by Crippen LogP contribution is -2.25. The number of amides is 1. The van der Waals surface area contributed by atoms with Gasteiger partial charge in [-0.2, -0.15) is 0 Å². The van der Waals surface area contributed by atoms with Crippen LogP contribution in [0.3, 0.4) is 0 Å². The molecule has 2 aromatic rings. The largest absolute Gasteiger partial charge is 0.493 e. The van der Waals surface area contributed by atoms with E-state index < -0.39 is 0 Å². The molecule has 1 amide bonds. The van der Waals surface area contributed by atoms with Gasteiger partial charge in [-0.15, -0.1) is 0 Å². The highest BCUT2D eigenvalue weighted by molar-refractivity contribution is 6.14. The van der Waals surface area contributed by atoms with Crippen molar-refractivity contribution in [3.63, 3.8) is 0 Å². The molecule has 0 saturated heterocycles. The van der Waals surface area contributed by atoms with Crippen LogP contribution in [0.4, 0.5) is 0 Å². The molecule has 0 spiro atoms. The Balaban J connectivity index is 1.74. The summed E-state index contributed by atoms with van der Waals surface area (Å²) in [5.41, 5.74) is 2.23. The topological polar surface area (TPSA) is 69.2 Å². The molecule has 0 unspecified atom stereocenters. The number of carbonyl (C=O) groups excluding carboxylic acids is 1. The van der Waals surface area contributed by atoms with Gasteiger partial charge in [-0.25, -0.2) is 4.99 Å². The lowest BCUT2D eigenvalue weighted by Gasteiger charge is -2.09. The number of nitrogens with one attached hydrogen (secondary N) is 1. The first-order chi connectivity index (χ1) is 13.5. The molecule has 6 nitrogen and oxygen atoms in total. The number of rotatable bonds is 7. The Hall–Kier alpha value is -3.28. The zero-order valence-electron chi connectivity index (χ0n) is 16.5. The first-order valence-corrected chi connectivity index (χ1v) is 9.06. The molecule has 1 aliphatic rings. The van der Waals surface area contributed by atoms with Crippen LogP contribution in [0.25, 0.3) is 6.08 Å². The van der Waals surface area contributed by atoms with Gasteiger partial charge in [-0.05, 0) is 55.3 Å². The molecular formula is C22H24N2O4. The summed E-state index contributed by atoms with van der Waals surface area (Å²) >= 11 is 0. The van der Waals surface area contributed by atoms with Crippen molar-refractivity contribution in [1.29, 1.82) is 0 Å². The van der Waals surface area contributed by atoms with Crippen molar-refractivity contribution in [3.8, 4) is 17.2 Å². The van der Waals surface area contributed by atoms with Gasteiger partial charge in [-0.1, -0.05) is 18.2 Å². The van der Waals surface area contributed by atoms with Crippen LogP contribution in [-0.2, 0) is 11.2 Å². The number of hydrogen-bond donors (Lipinski definition) is 1. The molecule has 0 atom stereocenters. The van der Waals surface area contributed by atoms with Crippen molar-refractivity contribution >= 4 is 17.8 Å². The fraction of sp³-hybridized carbons (Fsp3) is 0.273. The number of amidine groups is 1. The van der Waals surface area contributed by atoms with Gasteiger partial charge in [0.05, 0.1) is 20.3 Å². The Morgan fingerprint density at radius 2 is 1.75 bits per heavy atom. The Kier molecular flexibility index (Phi) is 5.99. The molecule has 0 saturated carbocycles. The molecular weight excluding hydrogens is 356 g/mol. The van der Waals surface area contributed by atoms with E-state index in [1.807, 2.05) is 56.3 Å². The minimum atomic E-state index is -0.210. The summed E-state index contributed by atoms with van der Waals surface area (Å²) in [4.78, 5) is 16.7. The monoisotopic (exact) mass is 380 g/mol. The SMILES string of the molecule is COc1ccc(CC2=N/C(=C/c3ccc(OC(C)C)cc3)C(=O)N2)cc1OC. The number of ether oxygens (including phenoxy) is 3. The summed E-state index contributed by atoms with van der Waals surface area (Å²) < 4.78 is 16.2. The predicted octanol–water partition coefficient (Wildman–Crippen LogP) is 3.60. The Labute approximate surface area is 164 Å². The standard InChI is InChI=1S/C22H24N2O4/c1-14(2)28-17-8-5-15(6-9-17)11-18-22(25)24-21(23-18)13-16-7-10-19(26-3)20(12-16)27-4/h5-12,14H,13H2,1-4H3,(H,23,24,25)/b18-11+. The van der Waals surface area contributed by atoms with E-state index in [-0.39, 0.29) is 12.0 Å². The summed E-state index contributed by atoms with van der Waals surface area (Å²) in [6, 6.07) is 13.2. The van der Waals surface area contributed by atoms with Gasteiger partial charge in [0.25, 0.3) is 5.91 Å². The molecule has 3 rings (SSSR count). The molecule has 6 heteroatoms. The van der Waals surface area contributed by atoms with Gasteiger partial charge in [-0.3, -0.25) is 4.79 Å². The van der Waals surface area contributed by atoms with E-state index in [0.717, 1.165) is 16.9 Å². The van der Waals surface area contributed by atoms with E-state index in [0.29, 0.717) is 29.5 Å². The maximum atomic E-state index is 12.3. The van der Waals surface area contributed by atoms with Crippen LogP contribution in [0.15, 0.2) is 53.2 Å². The quantitative estimate of drug-likeness (QED) is 0.745. The molecule has 0 radical (unpaired) electrons. The van der Waals surface area contributed by atoms with E-state index in [4.69, 9.17) is 14.2 Å². The second-order valence-electron chi connectivity index (χ2n) is 6.64. The second-order valence-corrected chi connectivity index (χ2v) is 6.64. The number of hydrogen-bond acceptors (Lipinski definition) is 5. The van der Waals surface area contributed by atoms with Crippen LogP contribution in [-0.4, -0.2) is 32.1 Å². The average Bonchev–Trinajstić information content (AvgIpc) is 3.01. The number of nitrogens with zero attached hydrogens (tertiary/aromatic N) is 1. The van der Waals surface area contributed by atoms with Gasteiger partial charge in [0.15, 0.2) is 11.5 Å². The summed E-state index contributed by atoms with van der Waals surface area (Å²) in [7, 11) is 3.19. The molecule has 0 fully saturated rings. The third-order valence-corrected chi connectivity index (χ3v) is 4.12. The maximum Gasteiger partial charge on any atom is 0.275 e. The Bertz CT molecular complexity index is 915. The average molecular weight is 380 g/mol. The molecule has 0 aliphatic carbocycles. The van der Waals surface area contributed by atoms with E-state index in [2.05, 4.69) is 10.3 Å². The number of methoxy groups -OCH3 is 2. The normalized spacial score (nSPS) is 14.8. The van der Waals surface area contributed by atoms with E-state index in [1.165, 1.54) is 0 Å². The summed E-state index contributed by atoms with van der Waals surface area (Å²) in [6.07, 6.45) is 2.37. The summed E-state index contributed by atoms with van der Waals surface area (Å²) in [5, 5.41) is 2.82. The third-order valence-electron chi connectivity index (χ3n) is 4.12. The third kappa shape index (κ3) is 4.71. The minimum absolute atomic E-state index is 0.119. The van der Waals surface area contributed by atoms with E-state index in [1.54, 1.807) is 20.3 Å². The van der Waals surface area contributed by atoms with Crippen LogP contribution in [0.2, 0.25) is 0 Å². The molecule has 0 bridgehead atoms. The van der Waals surface area contributed by atoms with Crippen molar-refractivity contribution in [1.82, 2.24) is 5.32 Å². The number of aliphatic imine (C=N–C) groups is 1. The Morgan fingerprint density at radius 1 is 1.04 bits per heavy atom. The lowest BCUT2D eigenvalue weighted by atomic mass is 10.1. The molecule has 1 N–H and O–H groups in total. The highest BCUT2D eigenvalue weighted by atomic mass is 16.5. The van der Waals surface area contributed by atoms with Crippen molar-refractivity contribution in [2.24, 2.45) is 4.99 Å². The smallest absolute Gasteiger partial charge is 0.275 e. The first-order valence-electron chi connectivity index (χ1n) is 9.06. The van der Waals surface area contributed by atoms with Crippen LogP contribution >= 0.6 is 0 Å². The predicted molar refractivity (Wildman–Crippen MR) is 109 cm³/mol. The molecule has 28 heavy (non-hydrogen) atoms. The fourth-order valence-corrected chi connectivity index (χ4v) is 2.86. The molecule has 2 aromatic carbocycles. The summed E-state index contributed by atoms with van der Waals surface area (Å²) in [5.74, 6) is 2.49. The van der Waals surface area contributed by atoms with Gasteiger partial charge >= 0.3 is 0 Å². The van der Waals surface area contributed by atoms with Gasteiger partial charge < -0.3 is 19.5 Å². The van der Waals surface area contributed by atoms with Crippen LogP contribution in [0, 0.1) is 0 Å². The van der Waals surface area contributed by atoms with Crippen molar-refractivity contribution < 1.29 is 19.0 Å². The lowest BCUT2D eigenvalue weighted by molar-refractivity contribution is -0.115. The van der Waals surface area contributed by atoms with Crippen molar-refractivity contribution in [2.45, 2.75) is 26.4 Å². The van der Waals surface area contributed by atoms with E-state index in [9.17, 15) is 4.79 Å². The van der Waals surface area contributed by atoms with Crippen LogP contribution in [0.5, 0.6) is 17.2 Å². The van der Waals surface area contributed by atoms with Gasteiger partial charge in [0, 0.05) is 6.42 Å². The molecule has 146 valence electrons. The molecule has 1 heterocycles. The molecule has 1 aliphatic heterocycles. The summed E-state index contributed by atoms with van der Waals surface area (Å²) in [6.45, 7) is 3.96. The fourth-order valence-electron chi connectivity index (χ4n) is 2.86. The van der Waals surface area contributed by atoms with Gasteiger partial charge in [0.2, 0.25) is 0 Å². The van der Waals surface area contributed by atoms with Crippen LogP contribution in [0.1, 0.15) is 25.0 Å². The van der Waals surface area contributed by atoms with Crippen molar-refractivity contribution in [3.05, 3.63) is 59.3 Å². The number of carbonyl (C=O) groups is 1. The second kappa shape index (κ2) is 8.61. The minimum Gasteiger partial charge on any atom is -0.493 e. The Morgan fingerprint density at radius 3 is 2.39 bits per heavy atom. The van der Waals surface area contributed by atoms with Crippen molar-refractivity contribution in [2.75, 3.05) is 14.2 Å². The maximum absolute atomic E-state index is 12.3. The highest BCUT2D eigenvalue weighted by Gasteiger charge is 2.20. The molecule has 0 aromatic heterocycles. The number of benzene rings is 2. The van der Waals surface area contributed by atoms with Crippen LogP contribution < -0.4 is 19.5 Å².